The lowest BCUT2D eigenvalue weighted by Crippen LogP contribution is -2.61. The highest BCUT2D eigenvalue weighted by Crippen LogP contribution is 2.39. The highest BCUT2D eigenvalue weighted by molar-refractivity contribution is 8.01. The zero-order valence-corrected chi connectivity index (χ0v) is 24.5. The number of carbonyl (C=O) groups excluding carboxylic acids is 1. The summed E-state index contributed by atoms with van der Waals surface area (Å²) in [4.78, 5) is 17.3. The lowest BCUT2D eigenvalue weighted by atomic mass is 9.98. The van der Waals surface area contributed by atoms with Gasteiger partial charge in [0.1, 0.15) is 18.4 Å². The maximum atomic E-state index is 13.5. The van der Waals surface area contributed by atoms with Crippen LogP contribution in [-0.2, 0) is 21.4 Å². The molecule has 1 saturated heterocycles. The van der Waals surface area contributed by atoms with Crippen LogP contribution >= 0.6 is 11.8 Å². The first kappa shape index (κ1) is 28.4. The number of pyridine rings is 1. The molecule has 1 aromatic heterocycles. The number of ether oxygens (including phenoxy) is 1. The topological polar surface area (TPSA) is 109 Å². The molecule has 1 unspecified atom stereocenters. The van der Waals surface area contributed by atoms with Gasteiger partial charge in [-0.2, -0.15) is 16.1 Å². The first-order chi connectivity index (χ1) is 17.8. The minimum atomic E-state index is -3.98. The summed E-state index contributed by atoms with van der Waals surface area (Å²) < 4.78 is 33.9. The summed E-state index contributed by atoms with van der Waals surface area (Å²) in [5.74, 6) is 0.581. The number of sulfonamides is 1. The summed E-state index contributed by atoms with van der Waals surface area (Å²) in [6.45, 7) is 14.3. The number of benzene rings is 2. The number of rotatable bonds is 6. The van der Waals surface area contributed by atoms with E-state index in [0.717, 1.165) is 39.0 Å². The Labute approximate surface area is 228 Å². The van der Waals surface area contributed by atoms with Crippen LogP contribution in [0, 0.1) is 34.6 Å². The Hall–Kier alpha value is -2.66. The summed E-state index contributed by atoms with van der Waals surface area (Å²) >= 11 is 1.50. The van der Waals surface area contributed by atoms with Gasteiger partial charge in [0, 0.05) is 33.7 Å². The van der Waals surface area contributed by atoms with Crippen molar-refractivity contribution in [3.63, 3.8) is 0 Å². The lowest BCUT2D eigenvalue weighted by Gasteiger charge is -2.43. The van der Waals surface area contributed by atoms with E-state index in [0.29, 0.717) is 5.75 Å². The third-order valence-electron chi connectivity index (χ3n) is 7.54. The molecule has 4 rings (SSSR count). The van der Waals surface area contributed by atoms with Crippen LogP contribution < -0.4 is 10.2 Å². The minimum Gasteiger partial charge on any atom is -0.488 e. The Morgan fingerprint density at radius 1 is 1.13 bits per heavy atom. The highest BCUT2D eigenvalue weighted by atomic mass is 32.2. The van der Waals surface area contributed by atoms with Crippen molar-refractivity contribution in [2.24, 2.45) is 0 Å². The third-order valence-corrected chi connectivity index (χ3v) is 10.8. The fourth-order valence-electron chi connectivity index (χ4n) is 4.96. The second-order valence-electron chi connectivity index (χ2n) is 10.4. The summed E-state index contributed by atoms with van der Waals surface area (Å²) in [6.07, 6.45) is 0. The van der Waals surface area contributed by atoms with Crippen molar-refractivity contribution in [2.45, 2.75) is 70.8 Å². The fraction of sp³-hybridized carbons (Fsp3) is 0.429. The number of amides is 1. The number of nitrogens with zero attached hydrogens (tertiary/aromatic N) is 2. The third kappa shape index (κ3) is 5.02. The van der Waals surface area contributed by atoms with E-state index < -0.39 is 26.7 Å². The minimum absolute atomic E-state index is 0.0859. The standard InChI is InChI=1S/C28H35N3O5S2/c1-16-14-23-24(18(3)17(16)2)29-20(5)19(4)25(23)36-15-21-8-10-22(11-9-21)38(34,35)31-12-13-37-28(6,7)26(31)27(32)30-33/h8-11,14,26,33H,12-13,15H2,1-7H3,(H,30,32). The van der Waals surface area contributed by atoms with Gasteiger partial charge in [-0.1, -0.05) is 12.1 Å². The largest absolute Gasteiger partial charge is 0.488 e. The molecule has 0 saturated carbocycles. The average molecular weight is 558 g/mol. The van der Waals surface area contributed by atoms with Gasteiger partial charge < -0.3 is 4.74 Å². The van der Waals surface area contributed by atoms with Crippen LogP contribution in [0.25, 0.3) is 10.9 Å². The second-order valence-corrected chi connectivity index (χ2v) is 14.0. The molecule has 38 heavy (non-hydrogen) atoms. The summed E-state index contributed by atoms with van der Waals surface area (Å²) in [7, 11) is -3.98. The molecule has 1 aliphatic heterocycles. The maximum Gasteiger partial charge on any atom is 0.263 e. The highest BCUT2D eigenvalue weighted by Gasteiger charge is 2.48. The number of hydroxylamine groups is 1. The molecule has 0 aliphatic carbocycles. The Morgan fingerprint density at radius 3 is 2.42 bits per heavy atom. The van der Waals surface area contributed by atoms with Crippen molar-refractivity contribution in [3.05, 3.63) is 63.8 Å². The van der Waals surface area contributed by atoms with E-state index in [1.165, 1.54) is 39.3 Å². The molecule has 10 heteroatoms. The molecule has 1 amide bonds. The van der Waals surface area contributed by atoms with Gasteiger partial charge >= 0.3 is 0 Å². The van der Waals surface area contributed by atoms with Gasteiger partial charge in [-0.05, 0) is 88.9 Å². The van der Waals surface area contributed by atoms with E-state index in [1.807, 2.05) is 13.8 Å². The summed E-state index contributed by atoms with van der Waals surface area (Å²) in [5, 5.41) is 10.2. The number of hydrogen-bond acceptors (Lipinski definition) is 7. The van der Waals surface area contributed by atoms with Crippen molar-refractivity contribution in [3.8, 4) is 5.75 Å². The van der Waals surface area contributed by atoms with Crippen LogP contribution in [0.1, 0.15) is 47.4 Å². The van der Waals surface area contributed by atoms with E-state index in [2.05, 4.69) is 26.8 Å². The van der Waals surface area contributed by atoms with Crippen LogP contribution in [0.15, 0.2) is 35.2 Å². The fourth-order valence-corrected chi connectivity index (χ4v) is 8.07. The average Bonchev–Trinajstić information content (AvgIpc) is 2.87. The zero-order valence-electron chi connectivity index (χ0n) is 22.9. The molecule has 2 N–H and O–H groups in total. The van der Waals surface area contributed by atoms with Gasteiger partial charge in [-0.15, -0.1) is 0 Å². The number of hydrogen-bond donors (Lipinski definition) is 2. The van der Waals surface area contributed by atoms with Gasteiger partial charge in [0.25, 0.3) is 5.91 Å². The Morgan fingerprint density at radius 2 is 1.79 bits per heavy atom. The van der Waals surface area contributed by atoms with Crippen LogP contribution in [0.5, 0.6) is 5.75 Å². The van der Waals surface area contributed by atoms with Crippen molar-refractivity contribution >= 4 is 38.6 Å². The quantitative estimate of drug-likeness (QED) is 0.333. The molecule has 204 valence electrons. The van der Waals surface area contributed by atoms with E-state index in [-0.39, 0.29) is 18.0 Å². The second kappa shape index (κ2) is 10.5. The Balaban J connectivity index is 1.61. The molecule has 0 radical (unpaired) electrons. The number of fused-ring (bicyclic) bond motifs is 1. The number of aromatic nitrogens is 1. The number of thioether (sulfide) groups is 1. The molecule has 0 spiro atoms. The molecule has 2 aromatic carbocycles. The van der Waals surface area contributed by atoms with Crippen LogP contribution in [0.2, 0.25) is 0 Å². The smallest absolute Gasteiger partial charge is 0.263 e. The first-order valence-electron chi connectivity index (χ1n) is 12.5. The zero-order chi connectivity index (χ0) is 28.0. The molecule has 2 heterocycles. The lowest BCUT2D eigenvalue weighted by molar-refractivity contribution is -0.134. The molecular formula is C28H35N3O5S2. The van der Waals surface area contributed by atoms with E-state index in [4.69, 9.17) is 9.72 Å². The van der Waals surface area contributed by atoms with Crippen molar-refractivity contribution in [1.29, 1.82) is 0 Å². The summed E-state index contributed by atoms with van der Waals surface area (Å²) in [5.41, 5.74) is 8.77. The Kier molecular flexibility index (Phi) is 7.82. The van der Waals surface area contributed by atoms with Gasteiger partial charge in [0.2, 0.25) is 10.0 Å². The number of nitrogens with one attached hydrogen (secondary N) is 1. The predicted octanol–water partition coefficient (Wildman–Crippen LogP) is 4.75. The number of aryl methyl sites for hydroxylation is 3. The van der Waals surface area contributed by atoms with Crippen molar-refractivity contribution in [2.75, 3.05) is 12.3 Å². The normalized spacial score (nSPS) is 17.9. The van der Waals surface area contributed by atoms with Crippen molar-refractivity contribution in [1.82, 2.24) is 14.8 Å². The first-order valence-corrected chi connectivity index (χ1v) is 14.9. The van der Waals surface area contributed by atoms with E-state index in [1.54, 1.807) is 31.5 Å². The van der Waals surface area contributed by atoms with E-state index >= 15 is 0 Å². The van der Waals surface area contributed by atoms with Crippen molar-refractivity contribution < 1.29 is 23.2 Å². The molecule has 8 nitrogen and oxygen atoms in total. The number of carbonyl (C=O) groups is 1. The van der Waals surface area contributed by atoms with Crippen LogP contribution in [0.4, 0.5) is 0 Å². The SMILES string of the molecule is Cc1cc2c(OCc3ccc(S(=O)(=O)N4CCSC(C)(C)C4C(=O)NO)cc3)c(C)c(C)nc2c(C)c1C. The van der Waals surface area contributed by atoms with Gasteiger partial charge in [-0.25, -0.2) is 13.9 Å². The predicted molar refractivity (Wildman–Crippen MR) is 150 cm³/mol. The summed E-state index contributed by atoms with van der Waals surface area (Å²) in [6, 6.07) is 7.60. The van der Waals surface area contributed by atoms with Crippen LogP contribution in [0.3, 0.4) is 0 Å². The molecular weight excluding hydrogens is 522 g/mol. The maximum absolute atomic E-state index is 13.5. The molecule has 1 aliphatic rings. The molecule has 0 bridgehead atoms. The van der Waals surface area contributed by atoms with Gasteiger partial charge in [0.05, 0.1) is 10.4 Å². The molecule has 1 fully saturated rings. The molecule has 3 aromatic rings. The van der Waals surface area contributed by atoms with Gasteiger partial charge in [0.15, 0.2) is 0 Å². The Bertz CT molecular complexity index is 1500. The monoisotopic (exact) mass is 557 g/mol. The van der Waals surface area contributed by atoms with Gasteiger partial charge in [-0.3, -0.25) is 15.0 Å². The molecule has 1 atom stereocenters. The van der Waals surface area contributed by atoms with E-state index in [9.17, 15) is 18.4 Å². The van der Waals surface area contributed by atoms with Crippen LogP contribution in [-0.4, -0.2) is 51.9 Å².